The van der Waals surface area contributed by atoms with Crippen LogP contribution in [-0.4, -0.2) is 23.1 Å². The highest BCUT2D eigenvalue weighted by Crippen LogP contribution is 2.26. The Morgan fingerprint density at radius 3 is 3.12 bits per heavy atom. The summed E-state index contributed by atoms with van der Waals surface area (Å²) in [5.41, 5.74) is 2.78. The van der Waals surface area contributed by atoms with Crippen LogP contribution >= 0.6 is 0 Å². The van der Waals surface area contributed by atoms with Crippen molar-refractivity contribution in [2.24, 2.45) is 0 Å². The fourth-order valence-corrected chi connectivity index (χ4v) is 2.66. The minimum absolute atomic E-state index is 0.224. The van der Waals surface area contributed by atoms with Crippen LogP contribution in [0.2, 0.25) is 0 Å². The zero-order valence-corrected chi connectivity index (χ0v) is 9.79. The highest BCUT2D eigenvalue weighted by Gasteiger charge is 2.24. The van der Waals surface area contributed by atoms with Gasteiger partial charge in [0.25, 0.3) is 0 Å². The van der Waals surface area contributed by atoms with Gasteiger partial charge < -0.3 is 15.0 Å². The molecule has 1 aromatic heterocycles. The van der Waals surface area contributed by atoms with E-state index in [0.29, 0.717) is 13.2 Å². The second-order valence-electron chi connectivity index (χ2n) is 4.69. The Morgan fingerprint density at radius 2 is 2.29 bits per heavy atom. The lowest BCUT2D eigenvalue weighted by Crippen LogP contribution is -2.32. The molecule has 0 saturated carbocycles. The van der Waals surface area contributed by atoms with Crippen LogP contribution in [0.25, 0.3) is 0 Å². The van der Waals surface area contributed by atoms with Crippen molar-refractivity contribution in [1.29, 1.82) is 0 Å². The van der Waals surface area contributed by atoms with Gasteiger partial charge in [0.05, 0.1) is 24.9 Å². The quantitative estimate of drug-likeness (QED) is 0.750. The van der Waals surface area contributed by atoms with E-state index in [0.717, 1.165) is 36.3 Å². The van der Waals surface area contributed by atoms with E-state index in [4.69, 9.17) is 4.74 Å². The molecule has 2 aliphatic rings. The number of rotatable bonds is 1. The Bertz CT molecular complexity index is 463. The molecule has 1 saturated heterocycles. The SMILES string of the molecule is O=c1nc(C2CCCCN2)c2c([nH]1)CCOC2. The molecule has 0 radical (unpaired) electrons. The predicted molar refractivity (Wildman–Crippen MR) is 62.8 cm³/mol. The topological polar surface area (TPSA) is 67.0 Å². The van der Waals surface area contributed by atoms with Gasteiger partial charge in [0.15, 0.2) is 0 Å². The summed E-state index contributed by atoms with van der Waals surface area (Å²) in [5.74, 6) is 0. The zero-order chi connectivity index (χ0) is 11.7. The fourth-order valence-electron chi connectivity index (χ4n) is 2.66. The van der Waals surface area contributed by atoms with Crippen LogP contribution in [0.15, 0.2) is 4.79 Å². The molecule has 0 amide bonds. The molecule has 1 aromatic rings. The molecule has 17 heavy (non-hydrogen) atoms. The smallest absolute Gasteiger partial charge is 0.345 e. The van der Waals surface area contributed by atoms with Crippen LogP contribution in [0.4, 0.5) is 0 Å². The molecule has 0 aromatic carbocycles. The molecule has 5 heteroatoms. The first-order valence-corrected chi connectivity index (χ1v) is 6.27. The lowest BCUT2D eigenvalue weighted by atomic mass is 9.96. The van der Waals surface area contributed by atoms with Crippen molar-refractivity contribution >= 4 is 0 Å². The Balaban J connectivity index is 2.01. The Labute approximate surface area is 99.6 Å². The van der Waals surface area contributed by atoms with Crippen LogP contribution in [0.5, 0.6) is 0 Å². The molecule has 2 aliphatic heterocycles. The summed E-state index contributed by atoms with van der Waals surface area (Å²) in [6.45, 7) is 2.27. The van der Waals surface area contributed by atoms with Gasteiger partial charge in [-0.05, 0) is 19.4 Å². The molecule has 3 rings (SSSR count). The van der Waals surface area contributed by atoms with E-state index in [1.165, 1.54) is 12.8 Å². The van der Waals surface area contributed by atoms with E-state index in [-0.39, 0.29) is 11.7 Å². The first-order chi connectivity index (χ1) is 8.34. The first-order valence-electron chi connectivity index (χ1n) is 6.27. The van der Waals surface area contributed by atoms with Crippen molar-refractivity contribution in [3.8, 4) is 0 Å². The number of fused-ring (bicyclic) bond motifs is 1. The Hall–Kier alpha value is -1.20. The van der Waals surface area contributed by atoms with E-state index < -0.39 is 0 Å². The second kappa shape index (κ2) is 4.58. The molecule has 2 N–H and O–H groups in total. The van der Waals surface area contributed by atoms with Crippen molar-refractivity contribution in [2.45, 2.75) is 38.3 Å². The number of ether oxygens (including phenoxy) is 1. The summed E-state index contributed by atoms with van der Waals surface area (Å²) in [6.07, 6.45) is 4.25. The summed E-state index contributed by atoms with van der Waals surface area (Å²) >= 11 is 0. The van der Waals surface area contributed by atoms with Crippen LogP contribution in [0.1, 0.15) is 42.3 Å². The number of H-pyrrole nitrogens is 1. The molecule has 1 atom stereocenters. The van der Waals surface area contributed by atoms with E-state index in [1.807, 2.05) is 0 Å². The summed E-state index contributed by atoms with van der Waals surface area (Å²) in [4.78, 5) is 18.6. The van der Waals surface area contributed by atoms with Crippen LogP contribution in [0.3, 0.4) is 0 Å². The standard InChI is InChI=1S/C12H17N3O2/c16-12-14-9-4-6-17-7-8(9)11(15-12)10-3-1-2-5-13-10/h10,13H,1-7H2,(H,14,15,16). The second-order valence-corrected chi connectivity index (χ2v) is 4.69. The lowest BCUT2D eigenvalue weighted by Gasteiger charge is -2.27. The molecular formula is C12H17N3O2. The average Bonchev–Trinajstić information content (AvgIpc) is 2.39. The molecule has 0 aliphatic carbocycles. The maximum atomic E-state index is 11.6. The van der Waals surface area contributed by atoms with Crippen LogP contribution in [0, 0.1) is 0 Å². The summed E-state index contributed by atoms with van der Waals surface area (Å²) in [6, 6.07) is 0.224. The van der Waals surface area contributed by atoms with Gasteiger partial charge in [0, 0.05) is 17.7 Å². The van der Waals surface area contributed by atoms with Crippen molar-refractivity contribution in [3.63, 3.8) is 0 Å². The number of hydrogen-bond acceptors (Lipinski definition) is 4. The van der Waals surface area contributed by atoms with E-state index in [2.05, 4.69) is 15.3 Å². The molecular weight excluding hydrogens is 218 g/mol. The third kappa shape index (κ3) is 2.12. The molecule has 5 nitrogen and oxygen atoms in total. The average molecular weight is 235 g/mol. The van der Waals surface area contributed by atoms with Gasteiger partial charge in [-0.15, -0.1) is 0 Å². The molecule has 1 fully saturated rings. The first kappa shape index (κ1) is 10.9. The van der Waals surface area contributed by atoms with E-state index in [1.54, 1.807) is 0 Å². The number of aromatic nitrogens is 2. The Morgan fingerprint density at radius 1 is 1.35 bits per heavy atom. The summed E-state index contributed by atoms with van der Waals surface area (Å²) in [5, 5.41) is 3.44. The van der Waals surface area contributed by atoms with Gasteiger partial charge in [0.1, 0.15) is 0 Å². The van der Waals surface area contributed by atoms with Gasteiger partial charge >= 0.3 is 5.69 Å². The highest BCUT2D eigenvalue weighted by molar-refractivity contribution is 5.28. The summed E-state index contributed by atoms with van der Waals surface area (Å²) in [7, 11) is 0. The fraction of sp³-hybridized carbons (Fsp3) is 0.667. The van der Waals surface area contributed by atoms with E-state index >= 15 is 0 Å². The van der Waals surface area contributed by atoms with Gasteiger partial charge in [-0.2, -0.15) is 4.98 Å². The van der Waals surface area contributed by atoms with Crippen molar-refractivity contribution in [3.05, 3.63) is 27.4 Å². The molecule has 0 spiro atoms. The number of hydrogen-bond donors (Lipinski definition) is 2. The number of nitrogens with one attached hydrogen (secondary N) is 2. The van der Waals surface area contributed by atoms with Crippen molar-refractivity contribution in [2.75, 3.05) is 13.2 Å². The lowest BCUT2D eigenvalue weighted by molar-refractivity contribution is 0.107. The molecule has 1 unspecified atom stereocenters. The molecule has 3 heterocycles. The monoisotopic (exact) mass is 235 g/mol. The Kier molecular flexibility index (Phi) is 2.94. The molecule has 92 valence electrons. The molecule has 0 bridgehead atoms. The van der Waals surface area contributed by atoms with Gasteiger partial charge in [-0.25, -0.2) is 4.79 Å². The number of nitrogens with zero attached hydrogens (tertiary/aromatic N) is 1. The maximum Gasteiger partial charge on any atom is 0.345 e. The van der Waals surface area contributed by atoms with Gasteiger partial charge in [0.2, 0.25) is 0 Å². The van der Waals surface area contributed by atoms with Crippen molar-refractivity contribution < 1.29 is 4.74 Å². The van der Waals surface area contributed by atoms with Gasteiger partial charge in [-0.3, -0.25) is 0 Å². The van der Waals surface area contributed by atoms with Gasteiger partial charge in [-0.1, -0.05) is 6.42 Å². The largest absolute Gasteiger partial charge is 0.376 e. The van der Waals surface area contributed by atoms with Crippen LogP contribution < -0.4 is 11.0 Å². The zero-order valence-electron chi connectivity index (χ0n) is 9.79. The highest BCUT2D eigenvalue weighted by atomic mass is 16.5. The normalized spacial score (nSPS) is 24.4. The third-order valence-corrected chi connectivity index (χ3v) is 3.54. The number of aromatic amines is 1. The minimum Gasteiger partial charge on any atom is -0.376 e. The predicted octanol–water partition coefficient (Wildman–Crippen LogP) is 0.657. The minimum atomic E-state index is -0.229. The van der Waals surface area contributed by atoms with Crippen molar-refractivity contribution in [1.82, 2.24) is 15.3 Å². The summed E-state index contributed by atoms with van der Waals surface area (Å²) < 4.78 is 5.48. The third-order valence-electron chi connectivity index (χ3n) is 3.54. The number of piperidine rings is 1. The van der Waals surface area contributed by atoms with Crippen LogP contribution in [-0.2, 0) is 17.8 Å². The van der Waals surface area contributed by atoms with E-state index in [9.17, 15) is 4.79 Å². The maximum absolute atomic E-state index is 11.6.